The minimum atomic E-state index is 0.810. The fourth-order valence-corrected chi connectivity index (χ4v) is 2.60. The molecule has 0 aromatic rings. The van der Waals surface area contributed by atoms with E-state index in [1.54, 1.807) is 0 Å². The van der Waals surface area contributed by atoms with E-state index in [1.165, 1.54) is 38.6 Å². The van der Waals surface area contributed by atoms with Gasteiger partial charge in [-0.25, -0.2) is 0 Å². The molecule has 0 unspecified atom stereocenters. The molecular formula is C12H25N. The first kappa shape index (κ1) is 11.0. The first-order valence-corrected chi connectivity index (χ1v) is 5.95. The molecule has 1 nitrogen and oxygen atoms in total. The Kier molecular flexibility index (Phi) is 4.79. The topological polar surface area (TPSA) is 12.0 Å². The van der Waals surface area contributed by atoms with Gasteiger partial charge in [-0.3, -0.25) is 0 Å². The van der Waals surface area contributed by atoms with E-state index < -0.39 is 0 Å². The van der Waals surface area contributed by atoms with Crippen molar-refractivity contribution in [2.75, 3.05) is 6.54 Å². The SMILES string of the molecule is CCCCNC1C[C@@H](C)C[C@H](C)C1. The van der Waals surface area contributed by atoms with Crippen LogP contribution in [0.1, 0.15) is 52.9 Å². The van der Waals surface area contributed by atoms with Crippen molar-refractivity contribution in [1.82, 2.24) is 5.32 Å². The first-order chi connectivity index (χ1) is 6.22. The quantitative estimate of drug-likeness (QED) is 0.660. The summed E-state index contributed by atoms with van der Waals surface area (Å²) in [5.74, 6) is 1.87. The fraction of sp³-hybridized carbons (Fsp3) is 1.00. The third-order valence-electron chi connectivity index (χ3n) is 3.14. The minimum absolute atomic E-state index is 0.810. The predicted molar refractivity (Wildman–Crippen MR) is 58.9 cm³/mol. The highest BCUT2D eigenvalue weighted by molar-refractivity contribution is 4.79. The summed E-state index contributed by atoms with van der Waals surface area (Å²) in [4.78, 5) is 0. The van der Waals surface area contributed by atoms with Gasteiger partial charge in [0, 0.05) is 6.04 Å². The van der Waals surface area contributed by atoms with Gasteiger partial charge in [0.25, 0.3) is 0 Å². The van der Waals surface area contributed by atoms with Crippen LogP contribution in [0.3, 0.4) is 0 Å². The molecule has 1 N–H and O–H groups in total. The van der Waals surface area contributed by atoms with E-state index in [4.69, 9.17) is 0 Å². The maximum absolute atomic E-state index is 3.68. The number of rotatable bonds is 4. The zero-order valence-electron chi connectivity index (χ0n) is 9.47. The van der Waals surface area contributed by atoms with Crippen molar-refractivity contribution < 1.29 is 0 Å². The molecule has 1 heteroatoms. The molecule has 1 saturated carbocycles. The van der Waals surface area contributed by atoms with Gasteiger partial charge in [-0.2, -0.15) is 0 Å². The van der Waals surface area contributed by atoms with Crippen molar-refractivity contribution in [1.29, 1.82) is 0 Å². The van der Waals surface area contributed by atoms with Crippen molar-refractivity contribution in [2.24, 2.45) is 11.8 Å². The fourth-order valence-electron chi connectivity index (χ4n) is 2.60. The van der Waals surface area contributed by atoms with Gasteiger partial charge in [-0.15, -0.1) is 0 Å². The van der Waals surface area contributed by atoms with Crippen LogP contribution in [-0.4, -0.2) is 12.6 Å². The van der Waals surface area contributed by atoms with Crippen molar-refractivity contribution in [3.8, 4) is 0 Å². The molecule has 1 aliphatic carbocycles. The van der Waals surface area contributed by atoms with Crippen molar-refractivity contribution >= 4 is 0 Å². The largest absolute Gasteiger partial charge is 0.314 e. The van der Waals surface area contributed by atoms with E-state index in [0.717, 1.165) is 17.9 Å². The predicted octanol–water partition coefficient (Wildman–Crippen LogP) is 3.20. The Labute approximate surface area is 83.3 Å². The molecule has 0 aromatic carbocycles. The van der Waals surface area contributed by atoms with Crippen LogP contribution < -0.4 is 5.32 Å². The van der Waals surface area contributed by atoms with Gasteiger partial charge in [0.05, 0.1) is 0 Å². The highest BCUT2D eigenvalue weighted by Gasteiger charge is 2.22. The lowest BCUT2D eigenvalue weighted by molar-refractivity contribution is 0.239. The summed E-state index contributed by atoms with van der Waals surface area (Å²) in [7, 11) is 0. The second-order valence-electron chi connectivity index (χ2n) is 4.92. The highest BCUT2D eigenvalue weighted by atomic mass is 14.9. The molecule has 2 atom stereocenters. The Morgan fingerprint density at radius 3 is 2.23 bits per heavy atom. The van der Waals surface area contributed by atoms with Crippen molar-refractivity contribution in [3.63, 3.8) is 0 Å². The van der Waals surface area contributed by atoms with Gasteiger partial charge in [0.2, 0.25) is 0 Å². The average Bonchev–Trinajstić information content (AvgIpc) is 2.03. The first-order valence-electron chi connectivity index (χ1n) is 5.95. The highest BCUT2D eigenvalue weighted by Crippen LogP contribution is 2.28. The Morgan fingerprint density at radius 1 is 1.08 bits per heavy atom. The second kappa shape index (κ2) is 5.64. The lowest BCUT2D eigenvalue weighted by Gasteiger charge is -2.32. The Bertz CT molecular complexity index is 123. The third kappa shape index (κ3) is 4.12. The molecular weight excluding hydrogens is 158 g/mol. The lowest BCUT2D eigenvalue weighted by Crippen LogP contribution is -2.36. The molecule has 13 heavy (non-hydrogen) atoms. The number of hydrogen-bond acceptors (Lipinski definition) is 1. The molecule has 0 saturated heterocycles. The van der Waals surface area contributed by atoms with Crippen molar-refractivity contribution in [2.45, 2.75) is 58.9 Å². The van der Waals surface area contributed by atoms with E-state index in [-0.39, 0.29) is 0 Å². The molecule has 0 heterocycles. The third-order valence-corrected chi connectivity index (χ3v) is 3.14. The zero-order valence-corrected chi connectivity index (χ0v) is 9.47. The summed E-state index contributed by atoms with van der Waals surface area (Å²) in [6.45, 7) is 8.27. The van der Waals surface area contributed by atoms with Crippen LogP contribution in [0, 0.1) is 11.8 Å². The van der Waals surface area contributed by atoms with E-state index in [9.17, 15) is 0 Å². The Balaban J connectivity index is 2.17. The van der Waals surface area contributed by atoms with Crippen LogP contribution in [0.5, 0.6) is 0 Å². The standard InChI is InChI=1S/C12H25N/c1-4-5-6-13-12-8-10(2)7-11(3)9-12/h10-13H,4-9H2,1-3H3/t10-,11-/m0/s1. The van der Waals surface area contributed by atoms with Gasteiger partial charge < -0.3 is 5.32 Å². The van der Waals surface area contributed by atoms with E-state index in [0.29, 0.717) is 0 Å². The maximum atomic E-state index is 3.68. The molecule has 0 aromatic heterocycles. The smallest absolute Gasteiger partial charge is 0.00721 e. The summed E-state index contributed by atoms with van der Waals surface area (Å²) in [6, 6.07) is 0.810. The number of unbranched alkanes of at least 4 members (excludes halogenated alkanes) is 1. The minimum Gasteiger partial charge on any atom is -0.314 e. The molecule has 1 fully saturated rings. The summed E-state index contributed by atoms with van der Waals surface area (Å²) >= 11 is 0. The van der Waals surface area contributed by atoms with Crippen molar-refractivity contribution in [3.05, 3.63) is 0 Å². The molecule has 1 rings (SSSR count). The van der Waals surface area contributed by atoms with Gasteiger partial charge in [-0.05, 0) is 44.1 Å². The van der Waals surface area contributed by atoms with Crippen LogP contribution in [0.2, 0.25) is 0 Å². The van der Waals surface area contributed by atoms with Gasteiger partial charge in [0.1, 0.15) is 0 Å². The molecule has 0 bridgehead atoms. The van der Waals surface area contributed by atoms with Crippen LogP contribution in [-0.2, 0) is 0 Å². The van der Waals surface area contributed by atoms with Gasteiger partial charge in [0.15, 0.2) is 0 Å². The number of nitrogens with one attached hydrogen (secondary N) is 1. The molecule has 0 amide bonds. The Hall–Kier alpha value is -0.0400. The summed E-state index contributed by atoms with van der Waals surface area (Å²) in [6.07, 6.45) is 6.87. The average molecular weight is 183 g/mol. The van der Waals surface area contributed by atoms with Crippen LogP contribution in [0.25, 0.3) is 0 Å². The van der Waals surface area contributed by atoms with Gasteiger partial charge >= 0.3 is 0 Å². The lowest BCUT2D eigenvalue weighted by atomic mass is 9.80. The van der Waals surface area contributed by atoms with E-state index >= 15 is 0 Å². The summed E-state index contributed by atoms with van der Waals surface area (Å²) in [5, 5.41) is 3.68. The normalized spacial score (nSPS) is 34.8. The molecule has 0 aliphatic heterocycles. The Morgan fingerprint density at radius 2 is 1.69 bits per heavy atom. The number of hydrogen-bond donors (Lipinski definition) is 1. The van der Waals surface area contributed by atoms with Crippen LogP contribution >= 0.6 is 0 Å². The molecule has 0 radical (unpaired) electrons. The monoisotopic (exact) mass is 183 g/mol. The van der Waals surface area contributed by atoms with E-state index in [2.05, 4.69) is 26.1 Å². The van der Waals surface area contributed by atoms with Crippen LogP contribution in [0.4, 0.5) is 0 Å². The second-order valence-corrected chi connectivity index (χ2v) is 4.92. The van der Waals surface area contributed by atoms with Crippen LogP contribution in [0.15, 0.2) is 0 Å². The summed E-state index contributed by atoms with van der Waals surface area (Å²) in [5.41, 5.74) is 0. The summed E-state index contributed by atoms with van der Waals surface area (Å²) < 4.78 is 0. The van der Waals surface area contributed by atoms with E-state index in [1.807, 2.05) is 0 Å². The maximum Gasteiger partial charge on any atom is 0.00721 e. The molecule has 78 valence electrons. The molecule has 1 aliphatic rings. The zero-order chi connectivity index (χ0) is 9.68. The molecule has 0 spiro atoms. The van der Waals surface area contributed by atoms with Gasteiger partial charge in [-0.1, -0.05) is 27.2 Å².